The van der Waals surface area contributed by atoms with Gasteiger partial charge in [-0.15, -0.1) is 0 Å². The van der Waals surface area contributed by atoms with Crippen molar-refractivity contribution in [2.45, 2.75) is 51.4 Å². The molecule has 0 saturated carbocycles. The number of nitrogens with zero attached hydrogens (tertiary/aromatic N) is 1. The highest BCUT2D eigenvalue weighted by molar-refractivity contribution is 5.84. The molecule has 33 heavy (non-hydrogen) atoms. The van der Waals surface area contributed by atoms with Crippen LogP contribution in [0.4, 0.5) is 4.39 Å². The van der Waals surface area contributed by atoms with Crippen LogP contribution in [0.15, 0.2) is 54.6 Å². The lowest BCUT2D eigenvalue weighted by atomic mass is 9.98. The molecule has 172 valence electrons. The van der Waals surface area contributed by atoms with Crippen molar-refractivity contribution < 1.29 is 18.6 Å². The number of rotatable bonds is 9. The number of hydrogen-bond acceptors (Lipinski definition) is 4. The van der Waals surface area contributed by atoms with Gasteiger partial charge in [-0.25, -0.2) is 4.39 Å². The summed E-state index contributed by atoms with van der Waals surface area (Å²) in [7, 11) is 0. The van der Waals surface area contributed by atoms with Crippen LogP contribution < -0.4 is 0 Å². The number of halogens is 1. The molecule has 4 rings (SSSR count). The molecule has 1 aliphatic heterocycles. The van der Waals surface area contributed by atoms with Crippen LogP contribution in [-0.4, -0.2) is 32.2 Å². The first kappa shape index (κ1) is 23.4. The Hall–Kier alpha value is -2.78. The van der Waals surface area contributed by atoms with Gasteiger partial charge >= 0.3 is 0 Å². The molecule has 1 fully saturated rings. The predicted molar refractivity (Wildman–Crippen MR) is 127 cm³/mol. The summed E-state index contributed by atoms with van der Waals surface area (Å²) in [5.74, 6) is -0.148. The average Bonchev–Trinajstić information content (AvgIpc) is 2.86. The fraction of sp³-hybridized carbons (Fsp3) is 0.393. The number of nitriles is 1. The molecule has 1 aliphatic rings. The third kappa shape index (κ3) is 6.17. The predicted octanol–water partition coefficient (Wildman–Crippen LogP) is 5.74. The van der Waals surface area contributed by atoms with Gasteiger partial charge in [0.2, 0.25) is 0 Å². The molecule has 0 spiro atoms. The van der Waals surface area contributed by atoms with E-state index in [0.717, 1.165) is 48.8 Å². The first-order valence-corrected chi connectivity index (χ1v) is 11.7. The molecule has 3 aromatic rings. The van der Waals surface area contributed by atoms with Crippen LogP contribution in [0.25, 0.3) is 10.8 Å². The van der Waals surface area contributed by atoms with E-state index >= 15 is 4.39 Å². The Labute approximate surface area is 194 Å². The summed E-state index contributed by atoms with van der Waals surface area (Å²) in [4.78, 5) is 0. The highest BCUT2D eigenvalue weighted by atomic mass is 19.1. The fourth-order valence-corrected chi connectivity index (χ4v) is 4.12. The minimum absolute atomic E-state index is 0.0240. The van der Waals surface area contributed by atoms with Crippen molar-refractivity contribution in [2.24, 2.45) is 0 Å². The molecule has 0 aliphatic carbocycles. The topological polar surface area (TPSA) is 51.5 Å². The van der Waals surface area contributed by atoms with Gasteiger partial charge in [0, 0.05) is 18.4 Å². The number of benzene rings is 3. The summed E-state index contributed by atoms with van der Waals surface area (Å²) >= 11 is 0. The molecule has 0 aromatic heterocycles. The van der Waals surface area contributed by atoms with Crippen LogP contribution in [0.5, 0.6) is 0 Å². The Morgan fingerprint density at radius 2 is 1.73 bits per heavy atom. The lowest BCUT2D eigenvalue weighted by Gasteiger charge is -2.29. The Bertz CT molecular complexity index is 1100. The van der Waals surface area contributed by atoms with Crippen LogP contribution in [0.2, 0.25) is 0 Å². The van der Waals surface area contributed by atoms with Gasteiger partial charge in [-0.3, -0.25) is 0 Å². The molecule has 0 N–H and O–H groups in total. The second kappa shape index (κ2) is 11.4. The molecule has 0 bridgehead atoms. The standard InChI is InChI=1S/C28H30FNO3/c1-2-15-31-25-18-32-27(33-19-25)14-9-21-8-13-26-24(16-21)12-11-23(28(26)29)10-7-20-3-5-22(17-30)6-4-20/h3-6,8,11-13,16,25,27H,2,7,9-10,14-15,18-19H2,1H3. The molecule has 0 unspecified atom stereocenters. The van der Waals surface area contributed by atoms with Crippen molar-refractivity contribution in [2.75, 3.05) is 19.8 Å². The Morgan fingerprint density at radius 3 is 2.45 bits per heavy atom. The zero-order valence-electron chi connectivity index (χ0n) is 19.1. The second-order valence-corrected chi connectivity index (χ2v) is 8.53. The Balaban J connectivity index is 1.33. The van der Waals surface area contributed by atoms with E-state index in [1.165, 1.54) is 0 Å². The van der Waals surface area contributed by atoms with Crippen LogP contribution in [0.1, 0.15) is 42.0 Å². The normalized spacial score (nSPS) is 18.3. The molecular formula is C28H30FNO3. The van der Waals surface area contributed by atoms with Gasteiger partial charge in [0.1, 0.15) is 11.9 Å². The van der Waals surface area contributed by atoms with Crippen LogP contribution in [-0.2, 0) is 33.5 Å². The molecule has 0 amide bonds. The highest BCUT2D eigenvalue weighted by Crippen LogP contribution is 2.25. The third-order valence-electron chi connectivity index (χ3n) is 6.03. The van der Waals surface area contributed by atoms with E-state index in [1.54, 1.807) is 12.1 Å². The maximum Gasteiger partial charge on any atom is 0.158 e. The summed E-state index contributed by atoms with van der Waals surface area (Å²) in [6.07, 6.45) is 3.72. The van der Waals surface area contributed by atoms with Crippen LogP contribution in [0, 0.1) is 17.1 Å². The number of aryl methyl sites for hydroxylation is 3. The SMILES string of the molecule is CCCOC1COC(CCc2ccc3c(F)c(CCc4ccc(C#N)cc4)ccc3c2)OC1. The van der Waals surface area contributed by atoms with E-state index in [4.69, 9.17) is 19.5 Å². The first-order chi connectivity index (χ1) is 16.2. The Morgan fingerprint density at radius 1 is 0.970 bits per heavy atom. The van der Waals surface area contributed by atoms with E-state index in [0.29, 0.717) is 36.1 Å². The summed E-state index contributed by atoms with van der Waals surface area (Å²) < 4.78 is 32.4. The third-order valence-corrected chi connectivity index (χ3v) is 6.03. The van der Waals surface area contributed by atoms with Gasteiger partial charge in [0.25, 0.3) is 0 Å². The quantitative estimate of drug-likeness (QED) is 0.420. The van der Waals surface area contributed by atoms with Crippen LogP contribution in [0.3, 0.4) is 0 Å². The first-order valence-electron chi connectivity index (χ1n) is 11.7. The van der Waals surface area contributed by atoms with Gasteiger partial charge in [-0.05, 0) is 59.9 Å². The summed E-state index contributed by atoms with van der Waals surface area (Å²) in [5.41, 5.74) is 3.59. The smallest absolute Gasteiger partial charge is 0.158 e. The Kier molecular flexibility index (Phi) is 8.06. The monoisotopic (exact) mass is 447 g/mol. The maximum atomic E-state index is 15.1. The molecule has 1 heterocycles. The number of fused-ring (bicyclic) bond motifs is 1. The summed E-state index contributed by atoms with van der Waals surface area (Å²) in [6.45, 7) is 3.95. The lowest BCUT2D eigenvalue weighted by Crippen LogP contribution is -2.37. The lowest BCUT2D eigenvalue weighted by molar-refractivity contribution is -0.227. The maximum absolute atomic E-state index is 15.1. The molecule has 4 nitrogen and oxygen atoms in total. The van der Waals surface area contributed by atoms with Crippen molar-refractivity contribution in [1.29, 1.82) is 5.26 Å². The zero-order valence-corrected chi connectivity index (χ0v) is 19.1. The van der Waals surface area contributed by atoms with Gasteiger partial charge < -0.3 is 14.2 Å². The van der Waals surface area contributed by atoms with Gasteiger partial charge in [0.15, 0.2) is 6.29 Å². The molecule has 3 aromatic carbocycles. The number of hydrogen-bond donors (Lipinski definition) is 0. The summed E-state index contributed by atoms with van der Waals surface area (Å²) in [6, 6.07) is 19.4. The molecule has 0 atom stereocenters. The van der Waals surface area contributed by atoms with E-state index < -0.39 is 0 Å². The van der Waals surface area contributed by atoms with Gasteiger partial charge in [-0.2, -0.15) is 5.26 Å². The van der Waals surface area contributed by atoms with Crippen molar-refractivity contribution in [3.8, 4) is 6.07 Å². The van der Waals surface area contributed by atoms with Crippen molar-refractivity contribution >= 4 is 10.8 Å². The van der Waals surface area contributed by atoms with Crippen LogP contribution >= 0.6 is 0 Å². The van der Waals surface area contributed by atoms with Crippen molar-refractivity contribution in [1.82, 2.24) is 0 Å². The fourth-order valence-electron chi connectivity index (χ4n) is 4.12. The molecule has 1 saturated heterocycles. The zero-order chi connectivity index (χ0) is 23.0. The minimum Gasteiger partial charge on any atom is -0.373 e. The summed E-state index contributed by atoms with van der Waals surface area (Å²) in [5, 5.41) is 10.5. The van der Waals surface area contributed by atoms with Crippen molar-refractivity contribution in [3.63, 3.8) is 0 Å². The highest BCUT2D eigenvalue weighted by Gasteiger charge is 2.22. The molecule has 0 radical (unpaired) electrons. The average molecular weight is 448 g/mol. The van der Waals surface area contributed by atoms with E-state index in [2.05, 4.69) is 19.1 Å². The van der Waals surface area contributed by atoms with Gasteiger partial charge in [0.05, 0.1) is 24.8 Å². The second-order valence-electron chi connectivity index (χ2n) is 8.53. The number of ether oxygens (including phenoxy) is 3. The van der Waals surface area contributed by atoms with Crippen molar-refractivity contribution in [3.05, 3.63) is 82.7 Å². The molecule has 5 heteroatoms. The van der Waals surface area contributed by atoms with E-state index in [9.17, 15) is 0 Å². The van der Waals surface area contributed by atoms with E-state index in [-0.39, 0.29) is 18.2 Å². The largest absolute Gasteiger partial charge is 0.373 e. The minimum atomic E-state index is -0.219. The van der Waals surface area contributed by atoms with Gasteiger partial charge in [-0.1, -0.05) is 49.4 Å². The van der Waals surface area contributed by atoms with E-state index in [1.807, 2.05) is 36.4 Å². The molecular weight excluding hydrogens is 417 g/mol.